The maximum absolute atomic E-state index is 11.6. The fourth-order valence-corrected chi connectivity index (χ4v) is 2.09. The van der Waals surface area contributed by atoms with Gasteiger partial charge in [0.05, 0.1) is 5.41 Å². The van der Waals surface area contributed by atoms with Gasteiger partial charge in [0, 0.05) is 0 Å². The number of Topliss-reactive ketones (excluding diaryl/α,β-unsaturated/α-hetero) is 1. The first-order valence-electron chi connectivity index (χ1n) is 5.46. The SMILES string of the molecule is CC(=O)C1(c2ccc(C)c(OCO)c2)CC1. The number of aliphatic hydroxyl groups is 1. The number of carbonyl (C=O) groups excluding carboxylic acids is 1. The lowest BCUT2D eigenvalue weighted by Crippen LogP contribution is -2.17. The monoisotopic (exact) mass is 220 g/mol. The molecule has 0 saturated heterocycles. The average Bonchev–Trinajstić information content (AvgIpc) is 3.02. The van der Waals surface area contributed by atoms with E-state index in [-0.39, 0.29) is 18.0 Å². The van der Waals surface area contributed by atoms with Gasteiger partial charge in [-0.15, -0.1) is 0 Å². The van der Waals surface area contributed by atoms with Gasteiger partial charge in [0.15, 0.2) is 6.79 Å². The molecule has 0 aliphatic heterocycles. The molecule has 0 atom stereocenters. The van der Waals surface area contributed by atoms with E-state index in [0.717, 1.165) is 24.0 Å². The van der Waals surface area contributed by atoms with Gasteiger partial charge in [-0.2, -0.15) is 0 Å². The van der Waals surface area contributed by atoms with E-state index in [1.54, 1.807) is 6.92 Å². The molecule has 0 aromatic heterocycles. The molecule has 1 aliphatic rings. The molecule has 1 saturated carbocycles. The highest BCUT2D eigenvalue weighted by Crippen LogP contribution is 2.49. The van der Waals surface area contributed by atoms with Crippen molar-refractivity contribution in [2.45, 2.75) is 32.1 Å². The Bertz CT molecular complexity index is 419. The summed E-state index contributed by atoms with van der Waals surface area (Å²) in [6.45, 7) is 3.22. The maximum Gasteiger partial charge on any atom is 0.186 e. The molecule has 0 unspecified atom stereocenters. The molecule has 0 heterocycles. The predicted molar refractivity (Wildman–Crippen MR) is 60.5 cm³/mol. The topological polar surface area (TPSA) is 46.5 Å². The van der Waals surface area contributed by atoms with Gasteiger partial charge in [0.2, 0.25) is 0 Å². The van der Waals surface area contributed by atoms with Crippen molar-refractivity contribution in [2.75, 3.05) is 6.79 Å². The second-order valence-electron chi connectivity index (χ2n) is 4.39. The second-order valence-corrected chi connectivity index (χ2v) is 4.39. The Morgan fingerprint density at radius 3 is 2.69 bits per heavy atom. The summed E-state index contributed by atoms with van der Waals surface area (Å²) >= 11 is 0. The van der Waals surface area contributed by atoms with Crippen LogP contribution in [0, 0.1) is 6.92 Å². The Morgan fingerprint density at radius 1 is 1.50 bits per heavy atom. The summed E-state index contributed by atoms with van der Waals surface area (Å²) in [4.78, 5) is 11.6. The van der Waals surface area contributed by atoms with Crippen LogP contribution in [0.25, 0.3) is 0 Å². The van der Waals surface area contributed by atoms with E-state index in [1.165, 1.54) is 0 Å². The van der Waals surface area contributed by atoms with Crippen LogP contribution in [0.1, 0.15) is 30.9 Å². The number of hydrogen-bond donors (Lipinski definition) is 1. The number of aryl methyl sites for hydroxylation is 1. The fraction of sp³-hybridized carbons (Fsp3) is 0.462. The minimum absolute atomic E-state index is 0.214. The minimum Gasteiger partial charge on any atom is -0.467 e. The van der Waals surface area contributed by atoms with E-state index >= 15 is 0 Å². The van der Waals surface area contributed by atoms with Crippen LogP contribution in [-0.4, -0.2) is 17.7 Å². The van der Waals surface area contributed by atoms with Crippen LogP contribution in [0.15, 0.2) is 18.2 Å². The van der Waals surface area contributed by atoms with E-state index in [0.29, 0.717) is 5.75 Å². The number of ether oxygens (including phenoxy) is 1. The van der Waals surface area contributed by atoms with Gasteiger partial charge in [-0.25, -0.2) is 0 Å². The third kappa shape index (κ3) is 1.71. The van der Waals surface area contributed by atoms with Gasteiger partial charge in [-0.3, -0.25) is 4.79 Å². The number of hydrogen-bond acceptors (Lipinski definition) is 3. The molecule has 16 heavy (non-hydrogen) atoms. The number of rotatable bonds is 4. The molecule has 0 radical (unpaired) electrons. The quantitative estimate of drug-likeness (QED) is 0.789. The Morgan fingerprint density at radius 2 is 2.19 bits per heavy atom. The van der Waals surface area contributed by atoms with Crippen molar-refractivity contribution < 1.29 is 14.6 Å². The summed E-state index contributed by atoms with van der Waals surface area (Å²) in [6, 6.07) is 5.79. The molecule has 1 fully saturated rings. The fourth-order valence-electron chi connectivity index (χ4n) is 2.09. The Balaban J connectivity index is 2.36. The van der Waals surface area contributed by atoms with Gasteiger partial charge in [0.25, 0.3) is 0 Å². The zero-order valence-electron chi connectivity index (χ0n) is 9.62. The lowest BCUT2D eigenvalue weighted by Gasteiger charge is -2.14. The molecule has 0 amide bonds. The van der Waals surface area contributed by atoms with Crippen molar-refractivity contribution in [1.82, 2.24) is 0 Å². The number of carbonyl (C=O) groups is 1. The van der Waals surface area contributed by atoms with Crippen LogP contribution in [0.5, 0.6) is 5.75 Å². The van der Waals surface area contributed by atoms with Crippen molar-refractivity contribution in [2.24, 2.45) is 0 Å². The molecule has 2 rings (SSSR count). The summed E-state index contributed by atoms with van der Waals surface area (Å²) < 4.78 is 5.12. The smallest absolute Gasteiger partial charge is 0.186 e. The zero-order chi connectivity index (χ0) is 11.8. The van der Waals surface area contributed by atoms with Crippen molar-refractivity contribution in [3.8, 4) is 5.75 Å². The second kappa shape index (κ2) is 3.91. The van der Waals surface area contributed by atoms with E-state index in [2.05, 4.69) is 0 Å². The van der Waals surface area contributed by atoms with Crippen LogP contribution in [0.2, 0.25) is 0 Å². The first-order chi connectivity index (χ1) is 7.60. The van der Waals surface area contributed by atoms with Crippen LogP contribution >= 0.6 is 0 Å². The standard InChI is InChI=1S/C13H16O3/c1-9-3-4-11(7-12(9)16-8-14)13(5-6-13)10(2)15/h3-4,7,14H,5-6,8H2,1-2H3. The summed E-state index contributed by atoms with van der Waals surface area (Å²) in [5.41, 5.74) is 1.70. The van der Waals surface area contributed by atoms with Crippen LogP contribution in [0.3, 0.4) is 0 Å². The zero-order valence-corrected chi connectivity index (χ0v) is 9.62. The summed E-state index contributed by atoms with van der Waals surface area (Å²) in [6.07, 6.45) is 1.84. The third-order valence-electron chi connectivity index (χ3n) is 3.38. The number of benzene rings is 1. The molecule has 1 aliphatic carbocycles. The molecule has 1 aromatic carbocycles. The molecule has 0 spiro atoms. The third-order valence-corrected chi connectivity index (χ3v) is 3.38. The molecule has 0 bridgehead atoms. The molecular weight excluding hydrogens is 204 g/mol. The lowest BCUT2D eigenvalue weighted by molar-refractivity contribution is -0.119. The molecular formula is C13H16O3. The molecule has 3 nitrogen and oxygen atoms in total. The minimum atomic E-state index is -0.336. The molecule has 1 N–H and O–H groups in total. The molecule has 1 aromatic rings. The van der Waals surface area contributed by atoms with Crippen LogP contribution < -0.4 is 4.74 Å². The summed E-state index contributed by atoms with van der Waals surface area (Å²) in [5, 5.41) is 8.77. The average molecular weight is 220 g/mol. The first-order valence-corrected chi connectivity index (χ1v) is 5.46. The highest BCUT2D eigenvalue weighted by molar-refractivity contribution is 5.91. The van der Waals surface area contributed by atoms with E-state index < -0.39 is 0 Å². The number of aliphatic hydroxyl groups excluding tert-OH is 1. The Hall–Kier alpha value is -1.35. The van der Waals surface area contributed by atoms with Crippen molar-refractivity contribution in [1.29, 1.82) is 0 Å². The van der Waals surface area contributed by atoms with Crippen molar-refractivity contribution in [3.05, 3.63) is 29.3 Å². The van der Waals surface area contributed by atoms with E-state index in [1.807, 2.05) is 25.1 Å². The normalized spacial score (nSPS) is 16.9. The first kappa shape index (κ1) is 11.1. The highest BCUT2D eigenvalue weighted by Gasteiger charge is 2.48. The van der Waals surface area contributed by atoms with Gasteiger partial charge < -0.3 is 9.84 Å². The van der Waals surface area contributed by atoms with Crippen molar-refractivity contribution in [3.63, 3.8) is 0 Å². The summed E-state index contributed by atoms with van der Waals surface area (Å²) in [7, 11) is 0. The molecule has 86 valence electrons. The number of ketones is 1. The van der Waals surface area contributed by atoms with Crippen LogP contribution in [-0.2, 0) is 10.2 Å². The van der Waals surface area contributed by atoms with Gasteiger partial charge >= 0.3 is 0 Å². The maximum atomic E-state index is 11.6. The van der Waals surface area contributed by atoms with Crippen molar-refractivity contribution >= 4 is 5.78 Å². The van der Waals surface area contributed by atoms with Gasteiger partial charge in [-0.05, 0) is 43.9 Å². The van der Waals surface area contributed by atoms with Crippen LogP contribution in [0.4, 0.5) is 0 Å². The summed E-state index contributed by atoms with van der Waals surface area (Å²) in [5.74, 6) is 0.874. The Kier molecular flexibility index (Phi) is 2.72. The van der Waals surface area contributed by atoms with Gasteiger partial charge in [0.1, 0.15) is 11.5 Å². The van der Waals surface area contributed by atoms with E-state index in [4.69, 9.17) is 9.84 Å². The Labute approximate surface area is 95.0 Å². The lowest BCUT2D eigenvalue weighted by atomic mass is 9.91. The van der Waals surface area contributed by atoms with E-state index in [9.17, 15) is 4.79 Å². The predicted octanol–water partition coefficient (Wildman–Crippen LogP) is 1.94. The largest absolute Gasteiger partial charge is 0.467 e. The van der Waals surface area contributed by atoms with Gasteiger partial charge in [-0.1, -0.05) is 12.1 Å². The highest BCUT2D eigenvalue weighted by atomic mass is 16.6. The molecule has 3 heteroatoms.